The maximum atomic E-state index is 12.3. The Bertz CT molecular complexity index is 864. The molecule has 1 amide bonds. The number of carbonyl (C=O) groups is 1. The lowest BCUT2D eigenvalue weighted by molar-refractivity contribution is -0.118. The van der Waals surface area contributed by atoms with Crippen LogP contribution in [0.5, 0.6) is 5.88 Å². The van der Waals surface area contributed by atoms with E-state index in [1.807, 2.05) is 28.8 Å². The van der Waals surface area contributed by atoms with Crippen molar-refractivity contribution in [2.75, 3.05) is 26.3 Å². The predicted molar refractivity (Wildman–Crippen MR) is 111 cm³/mol. The van der Waals surface area contributed by atoms with Crippen LogP contribution >= 0.6 is 0 Å². The highest BCUT2D eigenvalue weighted by molar-refractivity contribution is 5.95. The Morgan fingerprint density at radius 1 is 1.14 bits per heavy atom. The Hall–Kier alpha value is -2.25. The fraction of sp³-hybridized carbons (Fsp3) is 0.591. The van der Waals surface area contributed by atoms with Gasteiger partial charge in [0.15, 0.2) is 5.69 Å². The van der Waals surface area contributed by atoms with Gasteiger partial charge in [0.1, 0.15) is 0 Å². The summed E-state index contributed by atoms with van der Waals surface area (Å²) in [4.78, 5) is 14.5. The smallest absolute Gasteiger partial charge is 0.264 e. The van der Waals surface area contributed by atoms with Crippen molar-refractivity contribution in [3.8, 4) is 5.88 Å². The van der Waals surface area contributed by atoms with E-state index in [1.165, 1.54) is 32.1 Å². The van der Waals surface area contributed by atoms with Gasteiger partial charge in [0, 0.05) is 24.9 Å². The Kier molecular flexibility index (Phi) is 6.56. The topological polar surface area (TPSA) is 79.4 Å². The number of nitrogens with zero attached hydrogens (tertiary/aromatic N) is 4. The summed E-state index contributed by atoms with van der Waals surface area (Å²) >= 11 is 0. The minimum atomic E-state index is -0.208. The van der Waals surface area contributed by atoms with Crippen molar-refractivity contribution in [3.63, 3.8) is 0 Å². The Morgan fingerprint density at radius 3 is 2.69 bits per heavy atom. The van der Waals surface area contributed by atoms with Crippen molar-refractivity contribution < 1.29 is 14.6 Å². The average molecular weight is 399 g/mol. The summed E-state index contributed by atoms with van der Waals surface area (Å²) in [5, 5.41) is 19.7. The maximum absolute atomic E-state index is 12.3. The van der Waals surface area contributed by atoms with E-state index in [-0.39, 0.29) is 11.8 Å². The number of aromatic nitrogens is 1. The highest BCUT2D eigenvalue weighted by Gasteiger charge is 2.20. The zero-order chi connectivity index (χ0) is 20.1. The van der Waals surface area contributed by atoms with Crippen molar-refractivity contribution in [1.29, 1.82) is 0 Å². The molecule has 29 heavy (non-hydrogen) atoms. The highest BCUT2D eigenvalue weighted by Crippen LogP contribution is 2.39. The molecule has 0 spiro atoms. The molecular weight excluding hydrogens is 368 g/mol. The number of hydrogen-bond donors (Lipinski definition) is 1. The van der Waals surface area contributed by atoms with E-state index in [0.717, 1.165) is 30.4 Å². The molecule has 1 saturated heterocycles. The van der Waals surface area contributed by atoms with Crippen molar-refractivity contribution >= 4 is 22.5 Å². The van der Waals surface area contributed by atoms with Crippen LogP contribution in [-0.4, -0.2) is 46.8 Å². The molecule has 2 heterocycles. The monoisotopic (exact) mass is 398 g/mol. The molecule has 4 rings (SSSR count). The molecule has 1 saturated carbocycles. The van der Waals surface area contributed by atoms with Crippen LogP contribution in [0.25, 0.3) is 10.9 Å². The third-order valence-corrected chi connectivity index (χ3v) is 6.12. The van der Waals surface area contributed by atoms with Gasteiger partial charge in [-0.25, -0.2) is 0 Å². The fourth-order valence-electron chi connectivity index (χ4n) is 4.42. The van der Waals surface area contributed by atoms with E-state index < -0.39 is 0 Å². The van der Waals surface area contributed by atoms with Gasteiger partial charge in [0.05, 0.1) is 25.4 Å². The Labute approximate surface area is 171 Å². The summed E-state index contributed by atoms with van der Waals surface area (Å²) in [7, 11) is 0. The quantitative estimate of drug-likeness (QED) is 0.721. The van der Waals surface area contributed by atoms with Crippen LogP contribution in [-0.2, 0) is 16.2 Å². The first-order valence-electron chi connectivity index (χ1n) is 10.8. The lowest BCUT2D eigenvalue weighted by atomic mass is 9.86. The van der Waals surface area contributed by atoms with Gasteiger partial charge < -0.3 is 9.84 Å². The molecule has 0 unspecified atom stereocenters. The normalized spacial score (nSPS) is 19.3. The summed E-state index contributed by atoms with van der Waals surface area (Å²) < 4.78 is 7.24. The summed E-state index contributed by atoms with van der Waals surface area (Å²) in [5.41, 5.74) is 1.26. The van der Waals surface area contributed by atoms with Crippen LogP contribution in [0.1, 0.15) is 44.9 Å². The molecule has 1 aliphatic heterocycles. The third-order valence-electron chi connectivity index (χ3n) is 6.12. The predicted octanol–water partition coefficient (Wildman–Crippen LogP) is 4.61. The number of aromatic hydroxyl groups is 1. The van der Waals surface area contributed by atoms with E-state index in [4.69, 9.17) is 4.74 Å². The molecule has 156 valence electrons. The van der Waals surface area contributed by atoms with Crippen LogP contribution in [0.15, 0.2) is 34.5 Å². The number of morpholine rings is 1. The lowest BCUT2D eigenvalue weighted by Crippen LogP contribution is -2.37. The standard InChI is InChI=1S/C22H30N4O3/c27-20(11-10-17-6-2-1-3-7-17)23-24-21-18-8-4-5-9-19(18)26(22(21)28)16-25-12-14-29-15-13-25/h4-5,8-9,17,28H,1-3,6-7,10-16H2. The minimum Gasteiger partial charge on any atom is -0.493 e. The number of hydrogen-bond acceptors (Lipinski definition) is 5. The van der Waals surface area contributed by atoms with Crippen molar-refractivity contribution in [3.05, 3.63) is 24.3 Å². The van der Waals surface area contributed by atoms with Gasteiger partial charge in [-0.2, -0.15) is 0 Å². The second-order valence-electron chi connectivity index (χ2n) is 8.13. The SMILES string of the molecule is O=C(CCC1CCCCC1)N=Nc1c(O)n(CN2CCOCC2)c2ccccc12. The van der Waals surface area contributed by atoms with Crippen LogP contribution < -0.4 is 0 Å². The first-order valence-corrected chi connectivity index (χ1v) is 10.8. The molecule has 0 radical (unpaired) electrons. The third kappa shape index (κ3) is 4.85. The minimum absolute atomic E-state index is 0.0570. The maximum Gasteiger partial charge on any atom is 0.264 e. The van der Waals surface area contributed by atoms with Crippen LogP contribution in [0.4, 0.5) is 5.69 Å². The van der Waals surface area contributed by atoms with Crippen molar-refractivity contribution in [2.45, 2.75) is 51.6 Å². The average Bonchev–Trinajstić information content (AvgIpc) is 3.03. The summed E-state index contributed by atoms with van der Waals surface area (Å²) in [5.74, 6) is 0.494. The zero-order valence-electron chi connectivity index (χ0n) is 16.9. The van der Waals surface area contributed by atoms with Crippen molar-refractivity contribution in [2.24, 2.45) is 16.1 Å². The number of ether oxygens (including phenoxy) is 1. The zero-order valence-corrected chi connectivity index (χ0v) is 16.9. The Morgan fingerprint density at radius 2 is 1.90 bits per heavy atom. The van der Waals surface area contributed by atoms with Crippen LogP contribution in [0.3, 0.4) is 0 Å². The Balaban J connectivity index is 1.48. The van der Waals surface area contributed by atoms with Crippen molar-refractivity contribution in [1.82, 2.24) is 9.47 Å². The molecule has 0 bridgehead atoms. The van der Waals surface area contributed by atoms with Gasteiger partial charge in [0.2, 0.25) is 5.88 Å². The van der Waals surface area contributed by atoms with E-state index >= 15 is 0 Å². The molecule has 1 N–H and O–H groups in total. The van der Waals surface area contributed by atoms with Gasteiger partial charge in [-0.1, -0.05) is 50.3 Å². The number of para-hydroxylation sites is 1. The van der Waals surface area contributed by atoms with E-state index in [0.29, 0.717) is 37.9 Å². The molecule has 1 aliphatic carbocycles. The van der Waals surface area contributed by atoms with Crippen LogP contribution in [0, 0.1) is 5.92 Å². The van der Waals surface area contributed by atoms with E-state index in [1.54, 1.807) is 0 Å². The largest absolute Gasteiger partial charge is 0.493 e. The molecule has 1 aromatic carbocycles. The second-order valence-corrected chi connectivity index (χ2v) is 8.13. The lowest BCUT2D eigenvalue weighted by Gasteiger charge is -2.27. The molecule has 7 nitrogen and oxygen atoms in total. The van der Waals surface area contributed by atoms with Crippen LogP contribution in [0.2, 0.25) is 0 Å². The number of carbonyl (C=O) groups excluding carboxylic acids is 1. The van der Waals surface area contributed by atoms with Gasteiger partial charge in [0.25, 0.3) is 5.91 Å². The van der Waals surface area contributed by atoms with Gasteiger partial charge in [-0.3, -0.25) is 14.3 Å². The molecule has 2 aromatic rings. The molecule has 7 heteroatoms. The molecular formula is C22H30N4O3. The molecule has 2 fully saturated rings. The number of fused-ring (bicyclic) bond motifs is 1. The van der Waals surface area contributed by atoms with Gasteiger partial charge in [-0.05, 0) is 18.4 Å². The molecule has 0 atom stereocenters. The first-order chi connectivity index (χ1) is 14.2. The second kappa shape index (κ2) is 9.50. The first kappa shape index (κ1) is 20.0. The van der Waals surface area contributed by atoms with E-state index in [2.05, 4.69) is 15.1 Å². The highest BCUT2D eigenvalue weighted by atomic mass is 16.5. The number of benzene rings is 1. The number of rotatable bonds is 6. The number of amides is 1. The molecule has 2 aliphatic rings. The fourth-order valence-corrected chi connectivity index (χ4v) is 4.42. The molecule has 1 aromatic heterocycles. The summed E-state index contributed by atoms with van der Waals surface area (Å²) in [6, 6.07) is 7.71. The van der Waals surface area contributed by atoms with E-state index in [9.17, 15) is 9.90 Å². The summed E-state index contributed by atoms with van der Waals surface area (Å²) in [6.45, 7) is 3.59. The van der Waals surface area contributed by atoms with Gasteiger partial charge >= 0.3 is 0 Å². The summed E-state index contributed by atoms with van der Waals surface area (Å²) in [6.07, 6.45) is 7.64. The number of azo groups is 1. The van der Waals surface area contributed by atoms with Gasteiger partial charge in [-0.15, -0.1) is 10.2 Å².